The highest BCUT2D eigenvalue weighted by Crippen LogP contribution is 2.43. The number of thiazole rings is 1. The van der Waals surface area contributed by atoms with Crippen LogP contribution in [0.4, 0.5) is 9.52 Å². The van der Waals surface area contributed by atoms with E-state index in [2.05, 4.69) is 15.2 Å². The first-order valence-corrected chi connectivity index (χ1v) is 15.6. The molecule has 2 aliphatic heterocycles. The number of ether oxygens (including phenoxy) is 1. The Labute approximate surface area is 245 Å². The van der Waals surface area contributed by atoms with Gasteiger partial charge in [0, 0.05) is 38.5 Å². The molecule has 1 saturated heterocycles. The predicted molar refractivity (Wildman–Crippen MR) is 163 cm³/mol. The van der Waals surface area contributed by atoms with E-state index in [1.54, 1.807) is 24.4 Å². The summed E-state index contributed by atoms with van der Waals surface area (Å²) in [4.78, 5) is 19.7. The number of piperidine rings is 1. The van der Waals surface area contributed by atoms with Gasteiger partial charge in [-0.15, -0.1) is 0 Å². The fourth-order valence-corrected chi connectivity index (χ4v) is 7.95. The van der Waals surface area contributed by atoms with Crippen LogP contribution in [0.5, 0.6) is 0 Å². The number of rotatable bonds is 7. The average Bonchev–Trinajstić information content (AvgIpc) is 3.51. The van der Waals surface area contributed by atoms with Crippen LogP contribution in [0.15, 0.2) is 48.7 Å². The number of aromatic carboxylic acids is 1. The van der Waals surface area contributed by atoms with E-state index < -0.39 is 5.97 Å². The third-order valence-electron chi connectivity index (χ3n) is 9.36. The molecule has 2 N–H and O–H groups in total. The molecule has 1 aliphatic carbocycles. The molecule has 216 valence electrons. The second-order valence-corrected chi connectivity index (χ2v) is 12.6. The minimum atomic E-state index is -0.955. The molecule has 6 rings (SSSR count). The summed E-state index contributed by atoms with van der Waals surface area (Å²) < 4.78 is 21.7. The standard InChI is InChI=1S/C33H38FN3O3S/c1-40-33(25-5-3-2-4-6-25)13-17-37(18-14-33)32-36-21-30(41-32)27-10-8-24(20-29(27)34)23-7-9-26(31(38)39)28(19-23)22-11-15-35-16-12-22/h7-11,19-21,25,35H,2-6,12-18H2,1H3,(H,38,39). The number of methoxy groups -OCH3 is 1. The number of benzene rings is 2. The van der Waals surface area contributed by atoms with Crippen LogP contribution in [-0.4, -0.2) is 54.9 Å². The number of carboxylic acid groups (broad SMARTS) is 1. The van der Waals surface area contributed by atoms with Crippen LogP contribution >= 0.6 is 11.3 Å². The van der Waals surface area contributed by atoms with E-state index >= 15 is 4.39 Å². The molecular formula is C33H38FN3O3S. The first kappa shape index (κ1) is 28.1. The van der Waals surface area contributed by atoms with Crippen LogP contribution in [0.1, 0.15) is 67.3 Å². The highest BCUT2D eigenvalue weighted by Gasteiger charge is 2.42. The van der Waals surface area contributed by atoms with Crippen molar-refractivity contribution in [1.29, 1.82) is 0 Å². The molecule has 0 unspecified atom stereocenters. The van der Waals surface area contributed by atoms with Crippen molar-refractivity contribution in [3.05, 3.63) is 65.6 Å². The van der Waals surface area contributed by atoms with E-state index in [-0.39, 0.29) is 17.0 Å². The topological polar surface area (TPSA) is 74.7 Å². The largest absolute Gasteiger partial charge is 0.478 e. The first-order chi connectivity index (χ1) is 20.0. The molecule has 3 heterocycles. The third kappa shape index (κ3) is 5.70. The van der Waals surface area contributed by atoms with Crippen molar-refractivity contribution >= 4 is 28.0 Å². The number of nitrogens with zero attached hydrogens (tertiary/aromatic N) is 2. The average molecular weight is 576 g/mol. The lowest BCUT2D eigenvalue weighted by Crippen LogP contribution is -2.50. The van der Waals surface area contributed by atoms with Crippen LogP contribution in [0, 0.1) is 11.7 Å². The molecule has 2 fully saturated rings. The van der Waals surface area contributed by atoms with Gasteiger partial charge in [0.25, 0.3) is 0 Å². The summed E-state index contributed by atoms with van der Waals surface area (Å²) in [5.74, 6) is -0.614. The Hall–Kier alpha value is -3.07. The Morgan fingerprint density at radius 2 is 1.85 bits per heavy atom. The van der Waals surface area contributed by atoms with Crippen molar-refractivity contribution in [2.45, 2.75) is 57.0 Å². The number of carbonyl (C=O) groups is 1. The number of hydrogen-bond donors (Lipinski definition) is 2. The van der Waals surface area contributed by atoms with Crippen molar-refractivity contribution in [3.63, 3.8) is 0 Å². The van der Waals surface area contributed by atoms with E-state index in [4.69, 9.17) is 4.74 Å². The van der Waals surface area contributed by atoms with Crippen LogP contribution in [0.3, 0.4) is 0 Å². The minimum absolute atomic E-state index is 0.0219. The van der Waals surface area contributed by atoms with Gasteiger partial charge in [-0.25, -0.2) is 14.2 Å². The Bertz CT molecular complexity index is 1440. The Morgan fingerprint density at radius 1 is 1.10 bits per heavy atom. The number of nitrogens with one attached hydrogen (secondary N) is 1. The molecule has 6 nitrogen and oxygen atoms in total. The van der Waals surface area contributed by atoms with Crippen molar-refractivity contribution < 1.29 is 19.0 Å². The quantitative estimate of drug-likeness (QED) is 0.309. The Morgan fingerprint density at radius 3 is 2.54 bits per heavy atom. The minimum Gasteiger partial charge on any atom is -0.478 e. The SMILES string of the molecule is COC1(C2CCCCC2)CCN(c2ncc(-c3ccc(-c4ccc(C(=O)O)c(C5=CCNCC5)c4)cc3F)s2)CC1. The summed E-state index contributed by atoms with van der Waals surface area (Å²) in [5, 5.41) is 13.9. The molecule has 8 heteroatoms. The maximum absolute atomic E-state index is 15.5. The lowest BCUT2D eigenvalue weighted by atomic mass is 9.72. The number of anilines is 1. The molecule has 3 aromatic rings. The van der Waals surface area contributed by atoms with E-state index in [9.17, 15) is 9.90 Å². The normalized spacial score (nSPS) is 19.7. The van der Waals surface area contributed by atoms with Gasteiger partial charge in [-0.3, -0.25) is 0 Å². The van der Waals surface area contributed by atoms with E-state index in [0.717, 1.165) is 65.6 Å². The summed E-state index contributed by atoms with van der Waals surface area (Å²) in [5.41, 5.74) is 4.02. The molecule has 1 aromatic heterocycles. The summed E-state index contributed by atoms with van der Waals surface area (Å²) in [6.07, 6.45) is 13.1. The summed E-state index contributed by atoms with van der Waals surface area (Å²) in [6.45, 7) is 3.32. The van der Waals surface area contributed by atoms with Gasteiger partial charge in [0.2, 0.25) is 0 Å². The van der Waals surface area contributed by atoms with Crippen LogP contribution < -0.4 is 10.2 Å². The lowest BCUT2D eigenvalue weighted by Gasteiger charge is -2.47. The Kier molecular flexibility index (Phi) is 8.24. The monoisotopic (exact) mass is 575 g/mol. The number of hydrogen-bond acceptors (Lipinski definition) is 6. The maximum Gasteiger partial charge on any atom is 0.336 e. The highest BCUT2D eigenvalue weighted by atomic mass is 32.1. The van der Waals surface area contributed by atoms with Gasteiger partial charge in [-0.05, 0) is 91.1 Å². The molecule has 2 aromatic carbocycles. The summed E-state index contributed by atoms with van der Waals surface area (Å²) >= 11 is 1.53. The summed E-state index contributed by atoms with van der Waals surface area (Å²) in [7, 11) is 1.88. The van der Waals surface area contributed by atoms with Gasteiger partial charge < -0.3 is 20.1 Å². The second-order valence-electron chi connectivity index (χ2n) is 11.5. The Balaban J connectivity index is 1.19. The molecule has 0 spiro atoms. The summed E-state index contributed by atoms with van der Waals surface area (Å²) in [6, 6.07) is 10.5. The van der Waals surface area contributed by atoms with E-state index in [1.165, 1.54) is 43.4 Å². The first-order valence-electron chi connectivity index (χ1n) is 14.8. The third-order valence-corrected chi connectivity index (χ3v) is 10.4. The predicted octanol–water partition coefficient (Wildman–Crippen LogP) is 7.26. The van der Waals surface area contributed by atoms with Gasteiger partial charge in [-0.1, -0.05) is 48.8 Å². The molecule has 41 heavy (non-hydrogen) atoms. The zero-order valence-electron chi connectivity index (χ0n) is 23.6. The zero-order chi connectivity index (χ0) is 28.4. The van der Waals surface area contributed by atoms with Crippen molar-refractivity contribution in [2.24, 2.45) is 5.92 Å². The molecule has 0 radical (unpaired) electrons. The smallest absolute Gasteiger partial charge is 0.336 e. The van der Waals surface area contributed by atoms with E-state index in [0.29, 0.717) is 23.6 Å². The van der Waals surface area contributed by atoms with Gasteiger partial charge in [-0.2, -0.15) is 0 Å². The van der Waals surface area contributed by atoms with Crippen molar-refractivity contribution in [1.82, 2.24) is 10.3 Å². The van der Waals surface area contributed by atoms with Gasteiger partial charge in [0.05, 0.1) is 16.0 Å². The number of halogens is 1. The second kappa shape index (κ2) is 12.0. The van der Waals surface area contributed by atoms with Crippen molar-refractivity contribution in [2.75, 3.05) is 38.2 Å². The van der Waals surface area contributed by atoms with Crippen LogP contribution in [0.2, 0.25) is 0 Å². The molecule has 0 atom stereocenters. The molecule has 1 saturated carbocycles. The zero-order valence-corrected chi connectivity index (χ0v) is 24.4. The maximum atomic E-state index is 15.5. The van der Waals surface area contributed by atoms with E-state index in [1.807, 2.05) is 31.4 Å². The van der Waals surface area contributed by atoms with Crippen LogP contribution in [0.25, 0.3) is 27.1 Å². The molecule has 0 amide bonds. The molecular weight excluding hydrogens is 537 g/mol. The fourth-order valence-electron chi connectivity index (χ4n) is 6.96. The van der Waals surface area contributed by atoms with Crippen LogP contribution in [-0.2, 0) is 4.74 Å². The van der Waals surface area contributed by atoms with Gasteiger partial charge >= 0.3 is 5.97 Å². The number of carboxylic acids is 1. The molecule has 3 aliphatic rings. The molecule has 0 bridgehead atoms. The lowest BCUT2D eigenvalue weighted by molar-refractivity contribution is -0.0856. The number of aromatic nitrogens is 1. The fraction of sp³-hybridized carbons (Fsp3) is 0.455. The van der Waals surface area contributed by atoms with Gasteiger partial charge in [0.1, 0.15) is 5.82 Å². The van der Waals surface area contributed by atoms with Crippen molar-refractivity contribution in [3.8, 4) is 21.6 Å². The van der Waals surface area contributed by atoms with Gasteiger partial charge in [0.15, 0.2) is 5.13 Å². The highest BCUT2D eigenvalue weighted by molar-refractivity contribution is 7.18.